The van der Waals surface area contributed by atoms with Gasteiger partial charge in [-0.25, -0.2) is 4.39 Å². The number of anilines is 1. The zero-order valence-corrected chi connectivity index (χ0v) is 20.9. The summed E-state index contributed by atoms with van der Waals surface area (Å²) >= 11 is 0. The third-order valence-electron chi connectivity index (χ3n) is 6.10. The van der Waals surface area contributed by atoms with Crippen molar-refractivity contribution >= 4 is 11.6 Å². The molecule has 0 spiro atoms. The number of nitrogens with zero attached hydrogens (tertiary/aromatic N) is 1. The highest BCUT2D eigenvalue weighted by atomic mass is 19.4. The van der Waals surface area contributed by atoms with Crippen LogP contribution in [-0.2, 0) is 12.8 Å². The van der Waals surface area contributed by atoms with Crippen LogP contribution >= 0.6 is 0 Å². The Labute approximate surface area is 213 Å². The van der Waals surface area contributed by atoms with E-state index in [1.54, 1.807) is 0 Å². The molecule has 11 heteroatoms. The topological polar surface area (TPSA) is 97.0 Å². The molecule has 0 saturated carbocycles. The van der Waals surface area contributed by atoms with Gasteiger partial charge in [-0.2, -0.15) is 13.2 Å². The average molecular weight is 528 g/mol. The maximum Gasteiger partial charge on any atom is 0.422 e. The largest absolute Gasteiger partial charge is 0.488 e. The zero-order valence-electron chi connectivity index (χ0n) is 20.9. The van der Waals surface area contributed by atoms with Gasteiger partial charge >= 0.3 is 6.18 Å². The van der Waals surface area contributed by atoms with Crippen molar-refractivity contribution in [3.63, 3.8) is 0 Å². The molecule has 1 aliphatic heterocycles. The molecule has 4 N–H and O–H groups in total. The Hall–Kier alpha value is -3.05. The first-order valence-electron chi connectivity index (χ1n) is 12.2. The summed E-state index contributed by atoms with van der Waals surface area (Å²) < 4.78 is 61.1. The minimum absolute atomic E-state index is 0.0131. The maximum atomic E-state index is 13.5. The van der Waals surface area contributed by atoms with Gasteiger partial charge in [0.15, 0.2) is 18.1 Å². The van der Waals surface area contributed by atoms with Crippen molar-refractivity contribution in [1.82, 2.24) is 5.32 Å². The lowest BCUT2D eigenvalue weighted by molar-refractivity contribution is -0.153. The van der Waals surface area contributed by atoms with Crippen molar-refractivity contribution in [3.05, 3.63) is 52.8 Å². The maximum absolute atomic E-state index is 13.5. The zero-order chi connectivity index (χ0) is 27.2. The molecule has 1 unspecified atom stereocenters. The molecule has 1 heterocycles. The summed E-state index contributed by atoms with van der Waals surface area (Å²) in [6.45, 7) is 3.69. The standard InChI is InChI=1S/C26H33F4N3O4/c1-16(32-6-9-36-22-5-4-20(27)14-23(22)37-15-26(28,29)30)10-18-12-19-11-17(2)33(7-3-8-34)24(19)21(13-18)25(31)35/h4-5,12-14,16-17,32,34H,3,6-11,15H2,1-2H3,(H2,31,35)/t16-,17?/m1/s1. The Kier molecular flexibility index (Phi) is 9.61. The van der Waals surface area contributed by atoms with Crippen LogP contribution < -0.4 is 25.4 Å². The van der Waals surface area contributed by atoms with Gasteiger partial charge in [-0.1, -0.05) is 6.07 Å². The van der Waals surface area contributed by atoms with Gasteiger partial charge in [0.1, 0.15) is 12.4 Å². The number of fused-ring (bicyclic) bond motifs is 1. The second kappa shape index (κ2) is 12.5. The van der Waals surface area contributed by atoms with Crippen LogP contribution in [0.1, 0.15) is 41.8 Å². The van der Waals surface area contributed by atoms with Crippen molar-refractivity contribution in [2.24, 2.45) is 5.73 Å². The molecule has 1 aliphatic rings. The summed E-state index contributed by atoms with van der Waals surface area (Å²) in [7, 11) is 0. The number of amides is 1. The number of halogens is 4. The number of nitrogens with two attached hydrogens (primary N) is 1. The lowest BCUT2D eigenvalue weighted by Crippen LogP contribution is -2.33. The monoisotopic (exact) mass is 527 g/mol. The fraction of sp³-hybridized carbons (Fsp3) is 0.500. The molecular weight excluding hydrogens is 494 g/mol. The number of hydrogen-bond donors (Lipinski definition) is 3. The number of alkyl halides is 3. The molecule has 1 amide bonds. The van der Waals surface area contributed by atoms with E-state index in [2.05, 4.69) is 27.9 Å². The molecule has 3 rings (SSSR count). The number of rotatable bonds is 13. The van der Waals surface area contributed by atoms with Crippen LogP contribution in [0.3, 0.4) is 0 Å². The van der Waals surface area contributed by atoms with E-state index in [9.17, 15) is 27.5 Å². The van der Waals surface area contributed by atoms with Crippen LogP contribution in [0.5, 0.6) is 11.5 Å². The van der Waals surface area contributed by atoms with E-state index in [-0.39, 0.29) is 36.8 Å². The summed E-state index contributed by atoms with van der Waals surface area (Å²) in [6.07, 6.45) is -2.57. The number of ether oxygens (including phenoxy) is 2. The molecule has 204 valence electrons. The number of primary amides is 1. The van der Waals surface area contributed by atoms with E-state index < -0.39 is 24.5 Å². The number of nitrogens with one attached hydrogen (secondary N) is 1. The molecular formula is C26H33F4N3O4. The van der Waals surface area contributed by atoms with Crippen LogP contribution in [-0.4, -0.2) is 62.2 Å². The summed E-state index contributed by atoms with van der Waals surface area (Å²) in [5.74, 6) is -1.53. The highest BCUT2D eigenvalue weighted by molar-refractivity contribution is 6.00. The second-order valence-electron chi connectivity index (χ2n) is 9.24. The number of aliphatic hydroxyl groups is 1. The van der Waals surface area contributed by atoms with E-state index in [4.69, 9.17) is 10.5 Å². The number of carbonyl (C=O) groups excluding carboxylic acids is 1. The lowest BCUT2D eigenvalue weighted by Gasteiger charge is -2.26. The SMILES string of the molecule is CC1Cc2cc(C[C@@H](C)NCCOc3ccc(F)cc3OCC(F)(F)F)cc(C(N)=O)c2N1CCCO. The van der Waals surface area contributed by atoms with E-state index in [0.717, 1.165) is 35.4 Å². The molecule has 37 heavy (non-hydrogen) atoms. The number of aliphatic hydroxyl groups excluding tert-OH is 1. The Morgan fingerprint density at radius 1 is 1.24 bits per heavy atom. The van der Waals surface area contributed by atoms with Crippen LogP contribution in [0.2, 0.25) is 0 Å². The molecule has 2 atom stereocenters. The highest BCUT2D eigenvalue weighted by Crippen LogP contribution is 2.37. The van der Waals surface area contributed by atoms with Crippen LogP contribution in [0, 0.1) is 5.82 Å². The van der Waals surface area contributed by atoms with E-state index in [1.165, 1.54) is 6.07 Å². The van der Waals surface area contributed by atoms with Gasteiger partial charge in [0.25, 0.3) is 5.91 Å². The van der Waals surface area contributed by atoms with Crippen molar-refractivity contribution < 1.29 is 36.9 Å². The molecule has 2 aromatic rings. The fourth-order valence-electron chi connectivity index (χ4n) is 4.55. The smallest absolute Gasteiger partial charge is 0.422 e. The number of benzene rings is 2. The normalized spacial score (nSPS) is 16.0. The first-order valence-corrected chi connectivity index (χ1v) is 12.2. The molecule has 0 aromatic heterocycles. The van der Waals surface area contributed by atoms with Gasteiger partial charge < -0.3 is 30.5 Å². The van der Waals surface area contributed by atoms with Crippen molar-refractivity contribution in [3.8, 4) is 11.5 Å². The number of carbonyl (C=O) groups is 1. The summed E-state index contributed by atoms with van der Waals surface area (Å²) in [6, 6.07) is 7.23. The van der Waals surface area contributed by atoms with Crippen LogP contribution in [0.25, 0.3) is 0 Å². The Morgan fingerprint density at radius 2 is 2.00 bits per heavy atom. The van der Waals surface area contributed by atoms with Crippen molar-refractivity contribution in [2.75, 3.05) is 37.8 Å². The molecule has 0 bridgehead atoms. The quantitative estimate of drug-likeness (QED) is 0.272. The highest BCUT2D eigenvalue weighted by Gasteiger charge is 2.31. The van der Waals surface area contributed by atoms with E-state index in [1.807, 2.05) is 13.0 Å². The molecule has 0 radical (unpaired) electrons. The third-order valence-corrected chi connectivity index (χ3v) is 6.10. The molecule has 0 saturated heterocycles. The fourth-order valence-corrected chi connectivity index (χ4v) is 4.55. The Morgan fingerprint density at radius 3 is 2.68 bits per heavy atom. The van der Waals surface area contributed by atoms with Crippen molar-refractivity contribution in [2.45, 2.75) is 51.4 Å². The predicted molar refractivity (Wildman–Crippen MR) is 132 cm³/mol. The van der Waals surface area contributed by atoms with Gasteiger partial charge in [-0.15, -0.1) is 0 Å². The van der Waals surface area contributed by atoms with Crippen LogP contribution in [0.15, 0.2) is 30.3 Å². The predicted octanol–water partition coefficient (Wildman–Crippen LogP) is 3.60. The molecule has 0 aliphatic carbocycles. The van der Waals surface area contributed by atoms with Gasteiger partial charge in [0.2, 0.25) is 0 Å². The summed E-state index contributed by atoms with van der Waals surface area (Å²) in [5, 5.41) is 12.5. The summed E-state index contributed by atoms with van der Waals surface area (Å²) in [5.41, 5.74) is 9.01. The van der Waals surface area contributed by atoms with Gasteiger partial charge in [0, 0.05) is 37.8 Å². The van der Waals surface area contributed by atoms with E-state index >= 15 is 0 Å². The van der Waals surface area contributed by atoms with Crippen molar-refractivity contribution in [1.29, 1.82) is 0 Å². The molecule has 7 nitrogen and oxygen atoms in total. The lowest BCUT2D eigenvalue weighted by atomic mass is 9.97. The van der Waals surface area contributed by atoms with Crippen LogP contribution in [0.4, 0.5) is 23.2 Å². The minimum Gasteiger partial charge on any atom is -0.488 e. The van der Waals surface area contributed by atoms with Gasteiger partial charge in [-0.05, 0) is 62.4 Å². The first kappa shape index (κ1) is 28.5. The second-order valence-corrected chi connectivity index (χ2v) is 9.24. The summed E-state index contributed by atoms with van der Waals surface area (Å²) in [4.78, 5) is 14.4. The molecule has 0 fully saturated rings. The number of hydrogen-bond acceptors (Lipinski definition) is 6. The molecule has 2 aromatic carbocycles. The minimum atomic E-state index is -4.55. The third kappa shape index (κ3) is 7.96. The van der Waals surface area contributed by atoms with Gasteiger partial charge in [-0.3, -0.25) is 4.79 Å². The van der Waals surface area contributed by atoms with Gasteiger partial charge in [0.05, 0.1) is 11.3 Å². The van der Waals surface area contributed by atoms with E-state index in [0.29, 0.717) is 31.5 Å². The Bertz CT molecular complexity index is 1080. The first-order chi connectivity index (χ1) is 17.5. The average Bonchev–Trinajstić information content (AvgIpc) is 3.13. The Balaban J connectivity index is 1.58.